The van der Waals surface area contributed by atoms with E-state index >= 15 is 0 Å². The Balaban J connectivity index is 2.09. The molecule has 1 saturated heterocycles. The lowest BCUT2D eigenvalue weighted by Gasteiger charge is -2.18. The highest BCUT2D eigenvalue weighted by Crippen LogP contribution is 2.42. The molecule has 0 radical (unpaired) electrons. The van der Waals surface area contributed by atoms with E-state index in [1.807, 2.05) is 0 Å². The van der Waals surface area contributed by atoms with Crippen LogP contribution in [0.3, 0.4) is 0 Å². The summed E-state index contributed by atoms with van der Waals surface area (Å²) in [6.07, 6.45) is 2.30. The van der Waals surface area contributed by atoms with E-state index in [4.69, 9.17) is 0 Å². The monoisotopic (exact) mass is 337 g/mol. The van der Waals surface area contributed by atoms with Crippen molar-refractivity contribution in [2.24, 2.45) is 11.8 Å². The third kappa shape index (κ3) is 1.86. The van der Waals surface area contributed by atoms with Crippen molar-refractivity contribution < 1.29 is 19.5 Å². The Labute approximate surface area is 123 Å². The maximum atomic E-state index is 12.4. The molecule has 1 saturated carbocycles. The molecule has 1 aromatic rings. The van der Waals surface area contributed by atoms with Crippen molar-refractivity contribution in [3.8, 4) is 0 Å². The van der Waals surface area contributed by atoms with Gasteiger partial charge in [-0.3, -0.25) is 9.59 Å². The number of rotatable bonds is 2. The summed E-state index contributed by atoms with van der Waals surface area (Å²) in [5.74, 6) is -2.23. The molecule has 1 aliphatic heterocycles. The molecule has 2 unspecified atom stereocenters. The number of carbonyl (C=O) groups excluding carboxylic acids is 2. The third-order valence-corrected chi connectivity index (χ3v) is 4.52. The zero-order valence-corrected chi connectivity index (χ0v) is 12.1. The summed E-state index contributed by atoms with van der Waals surface area (Å²) in [5, 5.41) is 9.23. The van der Waals surface area contributed by atoms with Crippen LogP contribution in [-0.2, 0) is 9.59 Å². The number of nitrogens with zero attached hydrogens (tertiary/aromatic N) is 1. The fraction of sp³-hybridized carbons (Fsp3) is 0.357. The third-order valence-electron chi connectivity index (χ3n) is 4.02. The molecule has 20 heavy (non-hydrogen) atoms. The highest BCUT2D eigenvalue weighted by molar-refractivity contribution is 9.10. The summed E-state index contributed by atoms with van der Waals surface area (Å²) in [7, 11) is 0. The Bertz CT molecular complexity index is 606. The molecule has 2 atom stereocenters. The van der Waals surface area contributed by atoms with Gasteiger partial charge in [-0.25, -0.2) is 9.69 Å². The molecule has 1 N–H and O–H groups in total. The van der Waals surface area contributed by atoms with Gasteiger partial charge in [-0.15, -0.1) is 0 Å². The van der Waals surface area contributed by atoms with Gasteiger partial charge in [0.05, 0.1) is 23.1 Å². The Kier molecular flexibility index (Phi) is 3.12. The number of anilines is 1. The van der Waals surface area contributed by atoms with Crippen LogP contribution in [0.5, 0.6) is 0 Å². The van der Waals surface area contributed by atoms with Crippen LogP contribution in [-0.4, -0.2) is 22.9 Å². The van der Waals surface area contributed by atoms with E-state index in [1.54, 1.807) is 6.07 Å². The molecule has 2 amide bonds. The smallest absolute Gasteiger partial charge is 0.337 e. The van der Waals surface area contributed by atoms with E-state index in [1.165, 1.54) is 12.1 Å². The predicted molar refractivity (Wildman–Crippen MR) is 74.4 cm³/mol. The largest absolute Gasteiger partial charge is 0.478 e. The molecule has 0 spiro atoms. The molecule has 5 nitrogen and oxygen atoms in total. The fourth-order valence-electron chi connectivity index (χ4n) is 3.10. The first-order chi connectivity index (χ1) is 9.50. The van der Waals surface area contributed by atoms with Crippen molar-refractivity contribution in [3.05, 3.63) is 28.2 Å². The number of carbonyl (C=O) groups is 3. The van der Waals surface area contributed by atoms with E-state index in [0.29, 0.717) is 17.3 Å². The van der Waals surface area contributed by atoms with Gasteiger partial charge >= 0.3 is 5.97 Å². The molecule has 3 rings (SSSR count). The van der Waals surface area contributed by atoms with Crippen molar-refractivity contribution in [2.75, 3.05) is 4.90 Å². The Morgan fingerprint density at radius 3 is 2.35 bits per heavy atom. The Hall–Kier alpha value is -1.69. The van der Waals surface area contributed by atoms with Crippen molar-refractivity contribution in [2.45, 2.75) is 19.3 Å². The highest BCUT2D eigenvalue weighted by atomic mass is 79.9. The lowest BCUT2D eigenvalue weighted by Crippen LogP contribution is -2.33. The summed E-state index contributed by atoms with van der Waals surface area (Å²) >= 11 is 3.25. The molecule has 0 bridgehead atoms. The van der Waals surface area contributed by atoms with Gasteiger partial charge in [0.25, 0.3) is 0 Å². The van der Waals surface area contributed by atoms with Crippen LogP contribution in [0.4, 0.5) is 5.69 Å². The van der Waals surface area contributed by atoms with Crippen LogP contribution < -0.4 is 4.90 Å². The lowest BCUT2D eigenvalue weighted by atomic mass is 10.00. The number of carboxylic acids is 1. The number of benzene rings is 1. The average molecular weight is 338 g/mol. The lowest BCUT2D eigenvalue weighted by molar-refractivity contribution is -0.122. The standard InChI is InChI=1S/C14H12BrNO4/c15-7-4-5-10(14(19)20)11(6-7)16-12(17)8-2-1-3-9(8)13(16)18/h4-6,8-9H,1-3H2,(H,19,20). The Morgan fingerprint density at radius 2 is 1.80 bits per heavy atom. The number of hydrogen-bond acceptors (Lipinski definition) is 3. The number of halogens is 1. The van der Waals surface area contributed by atoms with Gasteiger partial charge in [0, 0.05) is 4.47 Å². The predicted octanol–water partition coefficient (Wildman–Crippen LogP) is 2.44. The van der Waals surface area contributed by atoms with Gasteiger partial charge in [0.2, 0.25) is 11.8 Å². The van der Waals surface area contributed by atoms with E-state index < -0.39 is 5.97 Å². The second kappa shape index (κ2) is 4.70. The first-order valence-electron chi connectivity index (χ1n) is 6.41. The molecule has 2 fully saturated rings. The van der Waals surface area contributed by atoms with Gasteiger partial charge in [-0.05, 0) is 31.0 Å². The van der Waals surface area contributed by atoms with Gasteiger partial charge in [-0.1, -0.05) is 22.4 Å². The molecule has 2 aliphatic rings. The first-order valence-corrected chi connectivity index (χ1v) is 7.20. The maximum absolute atomic E-state index is 12.4. The number of hydrogen-bond donors (Lipinski definition) is 1. The van der Waals surface area contributed by atoms with Gasteiger partial charge in [-0.2, -0.15) is 0 Å². The normalized spacial score (nSPS) is 25.1. The van der Waals surface area contributed by atoms with E-state index in [0.717, 1.165) is 11.3 Å². The van der Waals surface area contributed by atoms with Crippen LogP contribution in [0.15, 0.2) is 22.7 Å². The SMILES string of the molecule is O=C(O)c1ccc(Br)cc1N1C(=O)C2CCCC2C1=O. The molecule has 0 aromatic heterocycles. The summed E-state index contributed by atoms with van der Waals surface area (Å²) in [6.45, 7) is 0. The second-order valence-corrected chi connectivity index (χ2v) is 6.04. The van der Waals surface area contributed by atoms with Gasteiger partial charge in [0.1, 0.15) is 0 Å². The molecular formula is C14H12BrNO4. The highest BCUT2D eigenvalue weighted by Gasteiger charge is 2.50. The molecule has 104 valence electrons. The van der Waals surface area contributed by atoms with Gasteiger partial charge < -0.3 is 5.11 Å². The number of aromatic carboxylic acids is 1. The molecule has 6 heteroatoms. The molecule has 1 aromatic carbocycles. The molecule has 1 aliphatic carbocycles. The van der Waals surface area contributed by atoms with Crippen molar-refractivity contribution in [1.29, 1.82) is 0 Å². The summed E-state index contributed by atoms with van der Waals surface area (Å²) < 4.78 is 0.634. The number of fused-ring (bicyclic) bond motifs is 1. The number of amides is 2. The minimum atomic E-state index is -1.15. The van der Waals surface area contributed by atoms with Crippen molar-refractivity contribution in [1.82, 2.24) is 0 Å². The number of carboxylic acid groups (broad SMARTS) is 1. The molecule has 1 heterocycles. The number of imide groups is 1. The zero-order valence-electron chi connectivity index (χ0n) is 10.5. The van der Waals surface area contributed by atoms with Crippen LogP contribution >= 0.6 is 15.9 Å². The van der Waals surface area contributed by atoms with Crippen LogP contribution in [0.1, 0.15) is 29.6 Å². The van der Waals surface area contributed by atoms with E-state index in [2.05, 4.69) is 15.9 Å². The van der Waals surface area contributed by atoms with Crippen LogP contribution in [0, 0.1) is 11.8 Å². The van der Waals surface area contributed by atoms with Crippen LogP contribution in [0.2, 0.25) is 0 Å². The Morgan fingerprint density at radius 1 is 1.20 bits per heavy atom. The second-order valence-electron chi connectivity index (χ2n) is 5.12. The van der Waals surface area contributed by atoms with Crippen molar-refractivity contribution in [3.63, 3.8) is 0 Å². The average Bonchev–Trinajstić information content (AvgIpc) is 2.94. The first kappa shape index (κ1) is 13.3. The van der Waals surface area contributed by atoms with E-state index in [9.17, 15) is 19.5 Å². The zero-order chi connectivity index (χ0) is 14.4. The quantitative estimate of drug-likeness (QED) is 0.841. The van der Waals surface area contributed by atoms with E-state index in [-0.39, 0.29) is 34.9 Å². The minimum absolute atomic E-state index is 0.0325. The van der Waals surface area contributed by atoms with Gasteiger partial charge in [0.15, 0.2) is 0 Å². The topological polar surface area (TPSA) is 74.7 Å². The fourth-order valence-corrected chi connectivity index (χ4v) is 3.45. The minimum Gasteiger partial charge on any atom is -0.478 e. The molecular weight excluding hydrogens is 326 g/mol. The summed E-state index contributed by atoms with van der Waals surface area (Å²) in [4.78, 5) is 37.1. The van der Waals surface area contributed by atoms with Crippen molar-refractivity contribution >= 4 is 39.4 Å². The maximum Gasteiger partial charge on any atom is 0.337 e. The van der Waals surface area contributed by atoms with Crippen LogP contribution in [0.25, 0.3) is 0 Å². The summed E-state index contributed by atoms with van der Waals surface area (Å²) in [5.41, 5.74) is 0.131. The summed E-state index contributed by atoms with van der Waals surface area (Å²) in [6, 6.07) is 4.50.